The molecular formula is C25H25N3O3S2. The number of hydrogen-bond donors (Lipinski definition) is 3. The van der Waals surface area contributed by atoms with Crippen molar-refractivity contribution in [3.63, 3.8) is 0 Å². The minimum atomic E-state index is -0.247. The standard InChI is InChI=1S/C25H25N3O3S2/c1-3-23(24(29)26-19-11-12-21-22(14-19)31-15-30-21)33-20-6-4-5-18(13-20)28-25(32)27-17-9-7-16(2)8-10-17/h4-14,23H,3,15H2,1-2H3,(H,26,29)(H2,27,28,32). The zero-order valence-electron chi connectivity index (χ0n) is 18.4. The molecule has 0 radical (unpaired) electrons. The van der Waals surface area contributed by atoms with Crippen LogP contribution in [0.2, 0.25) is 0 Å². The second kappa shape index (κ2) is 10.6. The molecule has 170 valence electrons. The molecule has 1 aliphatic rings. The van der Waals surface area contributed by atoms with E-state index in [0.717, 1.165) is 16.3 Å². The van der Waals surface area contributed by atoms with Gasteiger partial charge in [-0.1, -0.05) is 30.7 Å². The van der Waals surface area contributed by atoms with E-state index in [-0.39, 0.29) is 18.0 Å². The molecule has 3 aromatic rings. The number of thiocarbonyl (C=S) groups is 1. The van der Waals surface area contributed by atoms with Crippen LogP contribution in [0.15, 0.2) is 71.6 Å². The molecule has 8 heteroatoms. The van der Waals surface area contributed by atoms with E-state index in [9.17, 15) is 4.79 Å². The Bertz CT molecular complexity index is 1150. The zero-order chi connectivity index (χ0) is 23.2. The van der Waals surface area contributed by atoms with Crippen LogP contribution in [0.5, 0.6) is 11.5 Å². The van der Waals surface area contributed by atoms with Crippen LogP contribution in [-0.4, -0.2) is 23.1 Å². The topological polar surface area (TPSA) is 71.6 Å². The Hall–Kier alpha value is -3.23. The normalized spacial score (nSPS) is 12.7. The average molecular weight is 480 g/mol. The number of fused-ring (bicyclic) bond motifs is 1. The third-order valence-electron chi connectivity index (χ3n) is 4.98. The summed E-state index contributed by atoms with van der Waals surface area (Å²) in [5, 5.41) is 9.63. The molecule has 0 bridgehead atoms. The molecule has 0 saturated carbocycles. The lowest BCUT2D eigenvalue weighted by Gasteiger charge is -2.16. The second-order valence-electron chi connectivity index (χ2n) is 7.55. The van der Waals surface area contributed by atoms with Gasteiger partial charge < -0.3 is 25.4 Å². The van der Waals surface area contributed by atoms with Crippen LogP contribution in [-0.2, 0) is 4.79 Å². The fourth-order valence-corrected chi connectivity index (χ4v) is 4.51. The van der Waals surface area contributed by atoms with E-state index in [1.54, 1.807) is 12.1 Å². The monoisotopic (exact) mass is 479 g/mol. The van der Waals surface area contributed by atoms with E-state index in [0.29, 0.717) is 28.7 Å². The number of aryl methyl sites for hydroxylation is 1. The summed E-state index contributed by atoms with van der Waals surface area (Å²) in [4.78, 5) is 13.9. The Morgan fingerprint density at radius 2 is 1.64 bits per heavy atom. The summed E-state index contributed by atoms with van der Waals surface area (Å²) in [6, 6.07) is 21.3. The van der Waals surface area contributed by atoms with E-state index >= 15 is 0 Å². The predicted octanol–water partition coefficient (Wildman–Crippen LogP) is 6.04. The minimum Gasteiger partial charge on any atom is -0.454 e. The highest BCUT2D eigenvalue weighted by Gasteiger charge is 2.20. The predicted molar refractivity (Wildman–Crippen MR) is 139 cm³/mol. The van der Waals surface area contributed by atoms with Crippen molar-refractivity contribution in [2.75, 3.05) is 22.7 Å². The van der Waals surface area contributed by atoms with Gasteiger partial charge in [-0.15, -0.1) is 11.8 Å². The molecule has 33 heavy (non-hydrogen) atoms. The van der Waals surface area contributed by atoms with Crippen LogP contribution in [0.4, 0.5) is 17.1 Å². The largest absolute Gasteiger partial charge is 0.454 e. The van der Waals surface area contributed by atoms with Crippen LogP contribution < -0.4 is 25.4 Å². The molecule has 6 nitrogen and oxygen atoms in total. The minimum absolute atomic E-state index is 0.0590. The van der Waals surface area contributed by atoms with Gasteiger partial charge in [-0.25, -0.2) is 0 Å². The molecule has 3 N–H and O–H groups in total. The summed E-state index contributed by atoms with van der Waals surface area (Å²) in [5.74, 6) is 1.27. The summed E-state index contributed by atoms with van der Waals surface area (Å²) >= 11 is 6.96. The van der Waals surface area contributed by atoms with E-state index in [2.05, 4.69) is 16.0 Å². The highest BCUT2D eigenvalue weighted by Crippen LogP contribution is 2.35. The molecule has 1 heterocycles. The summed E-state index contributed by atoms with van der Waals surface area (Å²) in [5.41, 5.74) is 3.66. The first-order chi connectivity index (χ1) is 16.0. The number of nitrogens with one attached hydrogen (secondary N) is 3. The smallest absolute Gasteiger partial charge is 0.237 e. The molecule has 1 atom stereocenters. The number of rotatable bonds is 7. The van der Waals surface area contributed by atoms with Gasteiger partial charge >= 0.3 is 0 Å². The van der Waals surface area contributed by atoms with Crippen molar-refractivity contribution in [2.45, 2.75) is 30.4 Å². The summed E-state index contributed by atoms with van der Waals surface area (Å²) in [7, 11) is 0. The first-order valence-corrected chi connectivity index (χ1v) is 11.9. The third-order valence-corrected chi connectivity index (χ3v) is 6.55. The Kier molecular flexibility index (Phi) is 7.36. The SMILES string of the molecule is CCC(Sc1cccc(NC(=S)Nc2ccc(C)cc2)c1)C(=O)Nc1ccc2c(c1)OCO2. The number of anilines is 3. The third kappa shape index (κ3) is 6.18. The van der Waals surface area contributed by atoms with Gasteiger partial charge in [-0.2, -0.15) is 0 Å². The van der Waals surface area contributed by atoms with Gasteiger partial charge in [0.15, 0.2) is 16.6 Å². The van der Waals surface area contributed by atoms with Gasteiger partial charge in [0.1, 0.15) is 0 Å². The number of ether oxygens (including phenoxy) is 2. The highest BCUT2D eigenvalue weighted by molar-refractivity contribution is 8.00. The van der Waals surface area contributed by atoms with E-state index in [1.165, 1.54) is 17.3 Å². The van der Waals surface area contributed by atoms with Crippen LogP contribution in [0.25, 0.3) is 0 Å². The molecule has 0 saturated heterocycles. The van der Waals surface area contributed by atoms with Crippen molar-refractivity contribution in [3.8, 4) is 11.5 Å². The molecule has 0 aromatic heterocycles. The summed E-state index contributed by atoms with van der Waals surface area (Å²) < 4.78 is 10.7. The molecule has 0 aliphatic carbocycles. The molecule has 1 aliphatic heterocycles. The van der Waals surface area contributed by atoms with Crippen LogP contribution in [0.1, 0.15) is 18.9 Å². The van der Waals surface area contributed by atoms with Crippen LogP contribution in [0.3, 0.4) is 0 Å². The number of amides is 1. The molecule has 0 fully saturated rings. The Morgan fingerprint density at radius 3 is 2.42 bits per heavy atom. The Balaban J connectivity index is 1.36. The van der Waals surface area contributed by atoms with Crippen molar-refractivity contribution in [1.82, 2.24) is 0 Å². The molecule has 1 amide bonds. The number of carbonyl (C=O) groups excluding carboxylic acids is 1. The number of benzene rings is 3. The summed E-state index contributed by atoms with van der Waals surface area (Å²) in [6.07, 6.45) is 0.687. The maximum absolute atomic E-state index is 12.9. The quantitative estimate of drug-likeness (QED) is 0.282. The molecular weight excluding hydrogens is 454 g/mol. The lowest BCUT2D eigenvalue weighted by molar-refractivity contribution is -0.115. The van der Waals surface area contributed by atoms with Crippen molar-refractivity contribution in [3.05, 3.63) is 72.3 Å². The van der Waals surface area contributed by atoms with Gasteiger partial charge in [0.25, 0.3) is 0 Å². The van der Waals surface area contributed by atoms with Crippen LogP contribution >= 0.6 is 24.0 Å². The maximum Gasteiger partial charge on any atom is 0.237 e. The van der Waals surface area contributed by atoms with Crippen molar-refractivity contribution in [1.29, 1.82) is 0 Å². The van der Waals surface area contributed by atoms with Gasteiger partial charge in [-0.3, -0.25) is 4.79 Å². The van der Waals surface area contributed by atoms with E-state index < -0.39 is 0 Å². The van der Waals surface area contributed by atoms with Gasteiger partial charge in [-0.05, 0) is 68.0 Å². The number of thioether (sulfide) groups is 1. The molecule has 3 aromatic carbocycles. The molecule has 0 spiro atoms. The van der Waals surface area contributed by atoms with Gasteiger partial charge in [0.2, 0.25) is 12.7 Å². The van der Waals surface area contributed by atoms with Crippen LogP contribution in [0, 0.1) is 6.92 Å². The van der Waals surface area contributed by atoms with Crippen molar-refractivity contribution in [2.24, 2.45) is 0 Å². The first-order valence-electron chi connectivity index (χ1n) is 10.6. The lowest BCUT2D eigenvalue weighted by atomic mass is 10.2. The molecule has 1 unspecified atom stereocenters. The fourth-order valence-electron chi connectivity index (χ4n) is 3.26. The number of hydrogen-bond acceptors (Lipinski definition) is 5. The maximum atomic E-state index is 12.9. The van der Waals surface area contributed by atoms with E-state index in [4.69, 9.17) is 21.7 Å². The number of carbonyl (C=O) groups is 1. The fraction of sp³-hybridized carbons (Fsp3) is 0.200. The first kappa shape index (κ1) is 22.9. The molecule has 4 rings (SSSR count). The van der Waals surface area contributed by atoms with Crippen molar-refractivity contribution >= 4 is 52.1 Å². The van der Waals surface area contributed by atoms with Gasteiger partial charge in [0, 0.05) is 28.0 Å². The Morgan fingerprint density at radius 1 is 0.939 bits per heavy atom. The lowest BCUT2D eigenvalue weighted by Crippen LogP contribution is -2.24. The van der Waals surface area contributed by atoms with E-state index in [1.807, 2.05) is 68.4 Å². The zero-order valence-corrected chi connectivity index (χ0v) is 20.0. The van der Waals surface area contributed by atoms with Crippen molar-refractivity contribution < 1.29 is 14.3 Å². The second-order valence-corrected chi connectivity index (χ2v) is 9.23. The Labute approximate surface area is 203 Å². The van der Waals surface area contributed by atoms with Gasteiger partial charge in [0.05, 0.1) is 5.25 Å². The average Bonchev–Trinajstić information content (AvgIpc) is 3.27. The summed E-state index contributed by atoms with van der Waals surface area (Å²) in [6.45, 7) is 4.25. The highest BCUT2D eigenvalue weighted by atomic mass is 32.2.